The third-order valence-corrected chi connectivity index (χ3v) is 4.55. The number of fused-ring (bicyclic) bond motifs is 1. The van der Waals surface area contributed by atoms with Crippen molar-refractivity contribution in [2.24, 2.45) is 0 Å². The summed E-state index contributed by atoms with van der Waals surface area (Å²) in [5.41, 5.74) is 1.24. The molecule has 140 valence electrons. The summed E-state index contributed by atoms with van der Waals surface area (Å²) in [6.07, 6.45) is 0.818. The highest BCUT2D eigenvalue weighted by Gasteiger charge is 2.21. The molecule has 6 heteroatoms. The molecule has 0 atom stereocenters. The molecule has 28 heavy (non-hydrogen) atoms. The highest BCUT2D eigenvalue weighted by molar-refractivity contribution is 6.30. The maximum Gasteiger partial charge on any atom is 0.336 e. The fourth-order valence-corrected chi connectivity index (χ4v) is 3.22. The fourth-order valence-electron chi connectivity index (χ4n) is 3.03. The Labute approximate surface area is 167 Å². The van der Waals surface area contributed by atoms with Crippen LogP contribution in [0, 0.1) is 0 Å². The Morgan fingerprint density at radius 3 is 2.68 bits per heavy atom. The molecular weight excluding hydrogens is 374 g/mol. The van der Waals surface area contributed by atoms with Gasteiger partial charge in [-0.25, -0.2) is 0 Å². The van der Waals surface area contributed by atoms with Crippen LogP contribution in [-0.2, 0) is 0 Å². The zero-order chi connectivity index (χ0) is 19.5. The van der Waals surface area contributed by atoms with Crippen LogP contribution in [0.15, 0.2) is 66.7 Å². The van der Waals surface area contributed by atoms with Crippen LogP contribution in [0.5, 0.6) is 6.01 Å². The number of aromatic nitrogens is 3. The zero-order valence-electron chi connectivity index (χ0n) is 15.3. The van der Waals surface area contributed by atoms with Crippen LogP contribution >= 0.6 is 11.6 Å². The number of halogens is 1. The van der Waals surface area contributed by atoms with E-state index in [4.69, 9.17) is 16.3 Å². The van der Waals surface area contributed by atoms with Crippen molar-refractivity contribution in [2.75, 3.05) is 6.61 Å². The van der Waals surface area contributed by atoms with Gasteiger partial charge in [-0.3, -0.25) is 4.79 Å². The molecule has 5 nitrogen and oxygen atoms in total. The lowest BCUT2D eigenvalue weighted by atomic mass is 10.0. The summed E-state index contributed by atoms with van der Waals surface area (Å²) in [6, 6.07) is 20.7. The van der Waals surface area contributed by atoms with Crippen LogP contribution in [0.3, 0.4) is 0 Å². The molecule has 4 aromatic rings. The van der Waals surface area contributed by atoms with E-state index in [1.54, 1.807) is 18.2 Å². The number of carbonyl (C=O) groups excluding carboxylic acids is 1. The van der Waals surface area contributed by atoms with Gasteiger partial charge in [-0.2, -0.15) is 9.67 Å². The number of nitrogens with zero attached hydrogens (tertiary/aromatic N) is 3. The van der Waals surface area contributed by atoms with Crippen LogP contribution in [0.1, 0.15) is 23.7 Å². The van der Waals surface area contributed by atoms with Gasteiger partial charge in [-0.15, -0.1) is 5.10 Å². The van der Waals surface area contributed by atoms with Crippen molar-refractivity contribution in [3.05, 3.63) is 77.3 Å². The lowest BCUT2D eigenvalue weighted by Crippen LogP contribution is -2.15. The molecule has 0 saturated heterocycles. The Morgan fingerprint density at radius 1 is 1.07 bits per heavy atom. The van der Waals surface area contributed by atoms with Crippen molar-refractivity contribution in [3.8, 4) is 17.4 Å². The molecule has 1 heterocycles. The average molecular weight is 392 g/mol. The first kappa shape index (κ1) is 18.2. The first-order valence-electron chi connectivity index (χ1n) is 9.05. The van der Waals surface area contributed by atoms with E-state index in [1.165, 1.54) is 4.68 Å². The minimum atomic E-state index is -0.273. The number of hydrogen-bond acceptors (Lipinski definition) is 4. The second-order valence-corrected chi connectivity index (χ2v) is 6.76. The second-order valence-electron chi connectivity index (χ2n) is 6.32. The molecule has 3 aromatic carbocycles. The molecule has 0 saturated carbocycles. The number of ether oxygens (including phenoxy) is 1. The van der Waals surface area contributed by atoms with Crippen LogP contribution in [0.25, 0.3) is 22.2 Å². The zero-order valence-corrected chi connectivity index (χ0v) is 16.1. The topological polar surface area (TPSA) is 57.0 Å². The van der Waals surface area contributed by atoms with E-state index in [1.807, 2.05) is 55.5 Å². The van der Waals surface area contributed by atoms with E-state index in [0.29, 0.717) is 28.6 Å². The van der Waals surface area contributed by atoms with Gasteiger partial charge in [0, 0.05) is 16.1 Å². The van der Waals surface area contributed by atoms with Crippen molar-refractivity contribution in [1.29, 1.82) is 0 Å². The quantitative estimate of drug-likeness (QED) is 0.467. The maximum atomic E-state index is 13.4. The Morgan fingerprint density at radius 2 is 1.86 bits per heavy atom. The van der Waals surface area contributed by atoms with E-state index >= 15 is 0 Å². The van der Waals surface area contributed by atoms with Gasteiger partial charge in [0.05, 0.1) is 6.61 Å². The molecule has 0 aliphatic carbocycles. The largest absolute Gasteiger partial charge is 0.462 e. The monoisotopic (exact) mass is 391 g/mol. The van der Waals surface area contributed by atoms with Crippen LogP contribution in [-0.4, -0.2) is 27.3 Å². The highest BCUT2D eigenvalue weighted by atomic mass is 35.5. The van der Waals surface area contributed by atoms with Gasteiger partial charge in [0.1, 0.15) is 0 Å². The molecule has 0 bridgehead atoms. The predicted molar refractivity (Wildman–Crippen MR) is 110 cm³/mol. The molecule has 0 aliphatic rings. The van der Waals surface area contributed by atoms with E-state index in [0.717, 1.165) is 17.2 Å². The first-order valence-corrected chi connectivity index (χ1v) is 9.43. The lowest BCUT2D eigenvalue weighted by Gasteiger charge is -2.08. The normalized spacial score (nSPS) is 10.9. The van der Waals surface area contributed by atoms with Gasteiger partial charge in [0.15, 0.2) is 5.82 Å². The van der Waals surface area contributed by atoms with Gasteiger partial charge < -0.3 is 4.74 Å². The van der Waals surface area contributed by atoms with E-state index in [-0.39, 0.29) is 11.9 Å². The Hall–Kier alpha value is -3.18. The molecule has 0 amide bonds. The lowest BCUT2D eigenvalue weighted by molar-refractivity contribution is 0.0946. The standard InChI is InChI=1S/C22H18ClN3O2/c1-2-13-28-22-24-20(16-9-5-10-17(23)14-16)26(25-22)21(27)19-12-6-8-15-7-3-4-11-18(15)19/h3-12,14H,2,13H2,1H3. The van der Waals surface area contributed by atoms with E-state index in [9.17, 15) is 4.79 Å². The smallest absolute Gasteiger partial charge is 0.336 e. The molecule has 0 fully saturated rings. The van der Waals surface area contributed by atoms with Crippen molar-refractivity contribution < 1.29 is 9.53 Å². The molecule has 4 rings (SSSR count). The number of rotatable bonds is 5. The van der Waals surface area contributed by atoms with Gasteiger partial charge in [-0.1, -0.05) is 67.1 Å². The maximum absolute atomic E-state index is 13.4. The Bertz CT molecular complexity index is 1150. The average Bonchev–Trinajstić information content (AvgIpc) is 3.15. The summed E-state index contributed by atoms with van der Waals surface area (Å²) in [5, 5.41) is 6.73. The summed E-state index contributed by atoms with van der Waals surface area (Å²) in [6.45, 7) is 2.47. The molecule has 0 spiro atoms. The van der Waals surface area contributed by atoms with Gasteiger partial charge in [0.2, 0.25) is 0 Å². The predicted octanol–water partition coefficient (Wildman–Crippen LogP) is 5.23. The first-order chi connectivity index (χ1) is 13.7. The minimum absolute atomic E-state index is 0.172. The van der Waals surface area contributed by atoms with Crippen molar-refractivity contribution in [1.82, 2.24) is 14.8 Å². The molecule has 0 N–H and O–H groups in total. The molecule has 0 unspecified atom stereocenters. The summed E-state index contributed by atoms with van der Waals surface area (Å²) in [5.74, 6) is 0.122. The van der Waals surface area contributed by atoms with Crippen LogP contribution in [0.4, 0.5) is 0 Å². The Kier molecular flexibility index (Phi) is 5.08. The van der Waals surface area contributed by atoms with Crippen LogP contribution < -0.4 is 4.74 Å². The minimum Gasteiger partial charge on any atom is -0.462 e. The summed E-state index contributed by atoms with van der Waals surface area (Å²) < 4.78 is 6.86. The SMILES string of the molecule is CCCOc1nc(-c2cccc(Cl)c2)n(C(=O)c2cccc3ccccc23)n1. The van der Waals surface area contributed by atoms with Crippen molar-refractivity contribution in [3.63, 3.8) is 0 Å². The third kappa shape index (κ3) is 3.49. The molecule has 1 aromatic heterocycles. The highest BCUT2D eigenvalue weighted by Crippen LogP contribution is 2.26. The summed E-state index contributed by atoms with van der Waals surface area (Å²) in [4.78, 5) is 17.8. The molecular formula is C22H18ClN3O2. The van der Waals surface area contributed by atoms with Crippen molar-refractivity contribution >= 4 is 28.3 Å². The summed E-state index contributed by atoms with van der Waals surface area (Å²) >= 11 is 6.14. The Balaban J connectivity index is 1.85. The van der Waals surface area contributed by atoms with Gasteiger partial charge in [0.25, 0.3) is 5.91 Å². The fraction of sp³-hybridized carbons (Fsp3) is 0.136. The summed E-state index contributed by atoms with van der Waals surface area (Å²) in [7, 11) is 0. The van der Waals surface area contributed by atoms with Crippen LogP contribution in [0.2, 0.25) is 5.02 Å². The van der Waals surface area contributed by atoms with Crippen molar-refractivity contribution in [2.45, 2.75) is 13.3 Å². The van der Waals surface area contributed by atoms with Gasteiger partial charge >= 0.3 is 6.01 Å². The van der Waals surface area contributed by atoms with Gasteiger partial charge in [-0.05, 0) is 35.4 Å². The molecule has 0 radical (unpaired) electrons. The number of hydrogen-bond donors (Lipinski definition) is 0. The molecule has 0 aliphatic heterocycles. The number of carbonyl (C=O) groups is 1. The third-order valence-electron chi connectivity index (χ3n) is 4.32. The van der Waals surface area contributed by atoms with E-state index < -0.39 is 0 Å². The number of benzene rings is 3. The second kappa shape index (κ2) is 7.82. The van der Waals surface area contributed by atoms with E-state index in [2.05, 4.69) is 10.1 Å².